The Bertz CT molecular complexity index is 373. The Morgan fingerprint density at radius 3 is 2.76 bits per heavy atom. The fraction of sp³-hybridized carbons (Fsp3) is 0.733. The summed E-state index contributed by atoms with van der Waals surface area (Å²) in [4.78, 5) is 26.1. The summed E-state index contributed by atoms with van der Waals surface area (Å²) < 4.78 is 0. The minimum Gasteiger partial charge on any atom is -0.394 e. The molecule has 0 aliphatic carbocycles. The van der Waals surface area contributed by atoms with Crippen molar-refractivity contribution in [2.24, 2.45) is 5.92 Å². The number of nitrogens with one attached hydrogen (secondary N) is 1. The molecule has 120 valence electrons. The van der Waals surface area contributed by atoms with Gasteiger partial charge in [-0.15, -0.1) is 6.58 Å². The SMILES string of the molecule is C=CC[C@@H](CC(=O)N[C@H](C)CO)C(=O)N1CCC[C@H]1CO. The fourth-order valence-corrected chi connectivity index (χ4v) is 2.63. The summed E-state index contributed by atoms with van der Waals surface area (Å²) in [5.74, 6) is -0.810. The number of likely N-dealkylation sites (tertiary alicyclic amines) is 1. The maximum Gasteiger partial charge on any atom is 0.226 e. The lowest BCUT2D eigenvalue weighted by Crippen LogP contribution is -2.43. The molecule has 1 aliphatic heterocycles. The van der Waals surface area contributed by atoms with Crippen molar-refractivity contribution in [2.75, 3.05) is 19.8 Å². The summed E-state index contributed by atoms with van der Waals surface area (Å²) in [6, 6.07) is -0.460. The molecule has 0 aromatic rings. The number of hydrogen-bond donors (Lipinski definition) is 3. The third-order valence-corrected chi connectivity index (χ3v) is 3.78. The molecule has 1 aliphatic rings. The van der Waals surface area contributed by atoms with Gasteiger partial charge >= 0.3 is 0 Å². The van der Waals surface area contributed by atoms with Gasteiger partial charge in [0.2, 0.25) is 11.8 Å². The number of hydrogen-bond acceptors (Lipinski definition) is 4. The molecule has 1 fully saturated rings. The van der Waals surface area contributed by atoms with Gasteiger partial charge in [0.1, 0.15) is 0 Å². The van der Waals surface area contributed by atoms with Crippen molar-refractivity contribution in [3.05, 3.63) is 12.7 Å². The van der Waals surface area contributed by atoms with Gasteiger partial charge in [-0.2, -0.15) is 0 Å². The van der Waals surface area contributed by atoms with Gasteiger partial charge in [-0.3, -0.25) is 9.59 Å². The highest BCUT2D eigenvalue weighted by atomic mass is 16.3. The van der Waals surface area contributed by atoms with Gasteiger partial charge in [0.15, 0.2) is 0 Å². The summed E-state index contributed by atoms with van der Waals surface area (Å²) in [5, 5.41) is 20.9. The van der Waals surface area contributed by atoms with Crippen molar-refractivity contribution in [3.8, 4) is 0 Å². The molecular weight excluding hydrogens is 272 g/mol. The standard InChI is InChI=1S/C15H26N2O4/c1-3-5-12(8-14(20)16-11(2)9-18)15(21)17-7-4-6-13(17)10-19/h3,11-13,18-19H,1,4-10H2,2H3,(H,16,20)/t11-,12+,13+/m1/s1. The van der Waals surface area contributed by atoms with Crippen LogP contribution in [0.1, 0.15) is 32.6 Å². The molecule has 0 unspecified atom stereocenters. The molecule has 0 radical (unpaired) electrons. The quantitative estimate of drug-likeness (QED) is 0.552. The van der Waals surface area contributed by atoms with Crippen molar-refractivity contribution in [3.63, 3.8) is 0 Å². The molecule has 1 saturated heterocycles. The number of carbonyl (C=O) groups is 2. The summed E-state index contributed by atoms with van der Waals surface area (Å²) in [6.07, 6.45) is 3.82. The highest BCUT2D eigenvalue weighted by Crippen LogP contribution is 2.22. The van der Waals surface area contributed by atoms with Gasteiger partial charge in [-0.1, -0.05) is 6.08 Å². The molecule has 6 nitrogen and oxygen atoms in total. The van der Waals surface area contributed by atoms with E-state index in [1.165, 1.54) is 0 Å². The van der Waals surface area contributed by atoms with Crippen molar-refractivity contribution in [2.45, 2.75) is 44.7 Å². The van der Waals surface area contributed by atoms with Crippen LogP contribution in [-0.2, 0) is 9.59 Å². The third kappa shape index (κ3) is 5.13. The molecule has 0 aromatic heterocycles. The Morgan fingerprint density at radius 2 is 2.19 bits per heavy atom. The van der Waals surface area contributed by atoms with Crippen LogP contribution in [0.3, 0.4) is 0 Å². The molecule has 0 aromatic carbocycles. The van der Waals surface area contributed by atoms with E-state index in [1.54, 1.807) is 17.9 Å². The smallest absolute Gasteiger partial charge is 0.226 e. The Balaban J connectivity index is 2.65. The number of allylic oxidation sites excluding steroid dienone is 1. The molecule has 1 heterocycles. The number of carbonyl (C=O) groups excluding carboxylic acids is 2. The second-order valence-corrected chi connectivity index (χ2v) is 5.59. The van der Waals surface area contributed by atoms with Crippen LogP contribution >= 0.6 is 0 Å². The Kier molecular flexibility index (Phi) is 7.39. The highest BCUT2D eigenvalue weighted by Gasteiger charge is 2.33. The van der Waals surface area contributed by atoms with Crippen molar-refractivity contribution in [1.82, 2.24) is 10.2 Å². The third-order valence-electron chi connectivity index (χ3n) is 3.78. The molecule has 1 rings (SSSR count). The fourth-order valence-electron chi connectivity index (χ4n) is 2.63. The lowest BCUT2D eigenvalue weighted by Gasteiger charge is -2.27. The zero-order valence-electron chi connectivity index (χ0n) is 12.6. The molecule has 3 atom stereocenters. The van der Waals surface area contributed by atoms with Gasteiger partial charge < -0.3 is 20.4 Å². The first-order valence-corrected chi connectivity index (χ1v) is 7.45. The van der Waals surface area contributed by atoms with E-state index in [4.69, 9.17) is 5.11 Å². The monoisotopic (exact) mass is 298 g/mol. The topological polar surface area (TPSA) is 89.9 Å². The summed E-state index contributed by atoms with van der Waals surface area (Å²) in [7, 11) is 0. The van der Waals surface area contributed by atoms with Crippen LogP contribution in [0, 0.1) is 5.92 Å². The lowest BCUT2D eigenvalue weighted by atomic mass is 9.98. The highest BCUT2D eigenvalue weighted by molar-refractivity contribution is 5.86. The molecule has 0 spiro atoms. The van der Waals surface area contributed by atoms with Crippen LogP contribution in [0.2, 0.25) is 0 Å². The van der Waals surface area contributed by atoms with Crippen molar-refractivity contribution in [1.29, 1.82) is 0 Å². The van der Waals surface area contributed by atoms with Crippen LogP contribution < -0.4 is 5.32 Å². The molecule has 6 heteroatoms. The average molecular weight is 298 g/mol. The minimum absolute atomic E-state index is 0.0414. The first-order chi connectivity index (χ1) is 10.0. The van der Waals surface area contributed by atoms with E-state index in [0.29, 0.717) is 13.0 Å². The lowest BCUT2D eigenvalue weighted by molar-refractivity contribution is -0.139. The van der Waals surface area contributed by atoms with Gasteiger partial charge in [0.05, 0.1) is 25.2 Å². The number of aliphatic hydroxyl groups is 2. The molecule has 2 amide bonds. The summed E-state index contributed by atoms with van der Waals surface area (Å²) >= 11 is 0. The average Bonchev–Trinajstić information content (AvgIpc) is 2.94. The number of nitrogens with zero attached hydrogens (tertiary/aromatic N) is 1. The molecular formula is C15H26N2O4. The Hall–Kier alpha value is -1.40. The summed E-state index contributed by atoms with van der Waals surface area (Å²) in [5.41, 5.74) is 0. The van der Waals surface area contributed by atoms with E-state index in [9.17, 15) is 14.7 Å². The number of aliphatic hydroxyl groups excluding tert-OH is 2. The largest absolute Gasteiger partial charge is 0.394 e. The van der Waals surface area contributed by atoms with Gasteiger partial charge in [0, 0.05) is 19.0 Å². The van der Waals surface area contributed by atoms with Crippen molar-refractivity contribution < 1.29 is 19.8 Å². The van der Waals surface area contributed by atoms with E-state index in [-0.39, 0.29) is 43.5 Å². The van der Waals surface area contributed by atoms with Crippen LogP contribution in [-0.4, -0.2) is 58.8 Å². The second kappa shape index (κ2) is 8.79. The summed E-state index contributed by atoms with van der Waals surface area (Å²) in [6.45, 7) is 5.80. The molecule has 0 saturated carbocycles. The molecule has 3 N–H and O–H groups in total. The number of amides is 2. The predicted octanol–water partition coefficient (Wildman–Crippen LogP) is 0.0491. The Morgan fingerprint density at radius 1 is 1.48 bits per heavy atom. The van der Waals surface area contributed by atoms with Crippen LogP contribution in [0.25, 0.3) is 0 Å². The van der Waals surface area contributed by atoms with E-state index in [0.717, 1.165) is 12.8 Å². The number of rotatable bonds is 8. The second-order valence-electron chi connectivity index (χ2n) is 5.59. The normalized spacial score (nSPS) is 20.9. The molecule has 21 heavy (non-hydrogen) atoms. The van der Waals surface area contributed by atoms with E-state index in [1.807, 2.05) is 0 Å². The van der Waals surface area contributed by atoms with Gasteiger partial charge in [0.25, 0.3) is 0 Å². The first kappa shape index (κ1) is 17.7. The van der Waals surface area contributed by atoms with E-state index < -0.39 is 5.92 Å². The zero-order chi connectivity index (χ0) is 15.8. The maximum atomic E-state index is 12.5. The molecule has 0 bridgehead atoms. The minimum atomic E-state index is -0.458. The Labute approximate surface area is 125 Å². The first-order valence-electron chi connectivity index (χ1n) is 7.45. The van der Waals surface area contributed by atoms with Gasteiger partial charge in [-0.05, 0) is 26.2 Å². The van der Waals surface area contributed by atoms with Crippen LogP contribution in [0.4, 0.5) is 0 Å². The van der Waals surface area contributed by atoms with Crippen LogP contribution in [0.15, 0.2) is 12.7 Å². The maximum absolute atomic E-state index is 12.5. The van der Waals surface area contributed by atoms with Gasteiger partial charge in [-0.25, -0.2) is 0 Å². The zero-order valence-corrected chi connectivity index (χ0v) is 12.6. The van der Waals surface area contributed by atoms with Crippen molar-refractivity contribution >= 4 is 11.8 Å². The van der Waals surface area contributed by atoms with E-state index >= 15 is 0 Å². The van der Waals surface area contributed by atoms with E-state index in [2.05, 4.69) is 11.9 Å². The van der Waals surface area contributed by atoms with Crippen LogP contribution in [0.5, 0.6) is 0 Å². The predicted molar refractivity (Wildman–Crippen MR) is 79.4 cm³/mol.